The molecule has 0 heterocycles. The van der Waals surface area contributed by atoms with Crippen molar-refractivity contribution in [3.8, 4) is 55.6 Å². The van der Waals surface area contributed by atoms with E-state index in [1.807, 2.05) is 0 Å². The third kappa shape index (κ3) is 6.45. The summed E-state index contributed by atoms with van der Waals surface area (Å²) < 4.78 is 0. The zero-order chi connectivity index (χ0) is 46.2. The van der Waals surface area contributed by atoms with E-state index in [1.165, 1.54) is 137 Å². The monoisotopic (exact) mass is 893 g/mol. The molecule has 14 rings (SSSR count). The molecule has 70 heavy (non-hydrogen) atoms. The summed E-state index contributed by atoms with van der Waals surface area (Å²) in [6.45, 7) is 0. The molecule has 1 nitrogen and oxygen atoms in total. The lowest BCUT2D eigenvalue weighted by molar-refractivity contribution is 0.445. The Hall–Kier alpha value is -8.26. The Balaban J connectivity index is 0.933. The summed E-state index contributed by atoms with van der Waals surface area (Å²) in [6.07, 6.45) is 6.47. The van der Waals surface area contributed by atoms with Crippen molar-refractivity contribution < 1.29 is 0 Å². The van der Waals surface area contributed by atoms with Crippen LogP contribution in [0, 0.1) is 0 Å². The zero-order valence-corrected chi connectivity index (χ0v) is 39.2. The molecular formula is C69H51N. The van der Waals surface area contributed by atoms with Gasteiger partial charge in [-0.1, -0.05) is 213 Å². The van der Waals surface area contributed by atoms with Crippen LogP contribution in [-0.2, 0) is 5.41 Å². The average Bonchev–Trinajstić information content (AvgIpc) is 3.92. The number of hydrogen-bond donors (Lipinski definition) is 0. The molecule has 0 bridgehead atoms. The van der Waals surface area contributed by atoms with Gasteiger partial charge in [0.25, 0.3) is 0 Å². The van der Waals surface area contributed by atoms with E-state index in [-0.39, 0.29) is 0 Å². The Morgan fingerprint density at radius 2 is 0.914 bits per heavy atom. The van der Waals surface area contributed by atoms with Crippen LogP contribution in [0.3, 0.4) is 0 Å². The van der Waals surface area contributed by atoms with Crippen LogP contribution >= 0.6 is 0 Å². The summed E-state index contributed by atoms with van der Waals surface area (Å²) in [6, 6.07) is 91.4. The van der Waals surface area contributed by atoms with Crippen LogP contribution in [0.1, 0.15) is 65.8 Å². The largest absolute Gasteiger partial charge is 0.310 e. The zero-order valence-electron chi connectivity index (χ0n) is 39.2. The molecule has 0 spiro atoms. The van der Waals surface area contributed by atoms with Gasteiger partial charge in [-0.25, -0.2) is 0 Å². The molecule has 0 aliphatic heterocycles. The highest BCUT2D eigenvalue weighted by Gasteiger charge is 2.48. The molecule has 0 aromatic heterocycles. The third-order valence-corrected chi connectivity index (χ3v) is 16.0. The van der Waals surface area contributed by atoms with Gasteiger partial charge in [0.15, 0.2) is 0 Å². The van der Waals surface area contributed by atoms with Gasteiger partial charge in [-0.15, -0.1) is 0 Å². The minimum atomic E-state index is -0.415. The van der Waals surface area contributed by atoms with Gasteiger partial charge in [0, 0.05) is 16.9 Å². The molecular weight excluding hydrogens is 843 g/mol. The Morgan fingerprint density at radius 3 is 1.69 bits per heavy atom. The second-order valence-corrected chi connectivity index (χ2v) is 19.7. The standard InChI is InChI=1S/C69H51N/c1-3-17-47(18-4-1)59-29-14-21-50-22-15-31-62(67(50)59)61-26-10-12-34-66(61)70(55-39-35-48(36-40-55)58-28-13-20-46-19-7-8-25-57(46)58)56-41-37-49(38-42-56)60-30-16-33-65-68(60)63-27-9-11-32-64(63)69(65,53-23-5-2-6-24-53)54-44-51-43-52(51)45-54/h2,5-16,19-45,47H,1,3-4,17-18H2. The van der Waals surface area contributed by atoms with Crippen molar-refractivity contribution >= 4 is 38.6 Å². The maximum absolute atomic E-state index is 2.49. The van der Waals surface area contributed by atoms with Crippen molar-refractivity contribution in [3.05, 3.63) is 270 Å². The molecule has 332 valence electrons. The summed E-state index contributed by atoms with van der Waals surface area (Å²) >= 11 is 0. The molecule has 0 amide bonds. The molecule has 1 heteroatoms. The first kappa shape index (κ1) is 40.8. The Kier molecular flexibility index (Phi) is 9.59. The van der Waals surface area contributed by atoms with Crippen molar-refractivity contribution in [3.63, 3.8) is 0 Å². The van der Waals surface area contributed by atoms with E-state index in [1.54, 1.807) is 0 Å². The van der Waals surface area contributed by atoms with Gasteiger partial charge in [0.05, 0.1) is 11.1 Å². The molecule has 0 saturated heterocycles. The highest BCUT2D eigenvalue weighted by atomic mass is 15.1. The van der Waals surface area contributed by atoms with E-state index in [0.29, 0.717) is 5.92 Å². The van der Waals surface area contributed by atoms with Crippen LogP contribution in [0.15, 0.2) is 243 Å². The fraction of sp³-hybridized carbons (Fsp3) is 0.101. The summed E-state index contributed by atoms with van der Waals surface area (Å²) in [5, 5.41) is 5.23. The lowest BCUT2D eigenvalue weighted by atomic mass is 9.68. The summed E-state index contributed by atoms with van der Waals surface area (Å²) in [4.78, 5) is 2.49. The lowest BCUT2D eigenvalue weighted by Gasteiger charge is -2.33. The van der Waals surface area contributed by atoms with Gasteiger partial charge >= 0.3 is 0 Å². The minimum Gasteiger partial charge on any atom is -0.310 e. The Morgan fingerprint density at radius 1 is 0.357 bits per heavy atom. The van der Waals surface area contributed by atoms with Gasteiger partial charge in [0.2, 0.25) is 0 Å². The van der Waals surface area contributed by atoms with E-state index < -0.39 is 5.41 Å². The topological polar surface area (TPSA) is 3.24 Å². The van der Waals surface area contributed by atoms with Crippen LogP contribution in [-0.4, -0.2) is 0 Å². The summed E-state index contributed by atoms with van der Waals surface area (Å²) in [5.74, 6) is 0.579. The minimum absolute atomic E-state index is 0.415. The van der Waals surface area contributed by atoms with Gasteiger partial charge in [-0.05, 0) is 167 Å². The normalized spacial score (nSPS) is 15.7. The van der Waals surface area contributed by atoms with Crippen LogP contribution in [0.5, 0.6) is 0 Å². The van der Waals surface area contributed by atoms with Crippen molar-refractivity contribution in [1.82, 2.24) is 0 Å². The molecule has 1 unspecified atom stereocenters. The maximum Gasteiger partial charge on any atom is 0.0714 e. The summed E-state index contributed by atoms with van der Waals surface area (Å²) in [5.41, 5.74) is 22.6. The lowest BCUT2D eigenvalue weighted by Crippen LogP contribution is -2.28. The van der Waals surface area contributed by atoms with Gasteiger partial charge in [-0.3, -0.25) is 0 Å². The SMILES string of the molecule is c1ccc(C2(c3cc4cc-4c3)c3ccccc3-c3c(-c4ccc(N(c5ccc(-c6cccc7ccccc67)cc5)c5ccccc5-c5cccc6cccc(C7CCCCC7)c56)cc4)cccc32)cc1. The van der Waals surface area contributed by atoms with Crippen molar-refractivity contribution in [2.24, 2.45) is 0 Å². The fourth-order valence-corrected chi connectivity index (χ4v) is 12.7. The van der Waals surface area contributed by atoms with Crippen molar-refractivity contribution in [1.29, 1.82) is 0 Å². The van der Waals surface area contributed by atoms with Gasteiger partial charge in [0.1, 0.15) is 0 Å². The number of hydrogen-bond acceptors (Lipinski definition) is 1. The Bertz CT molecular complexity index is 3770. The first-order valence-electron chi connectivity index (χ1n) is 25.3. The predicted molar refractivity (Wildman–Crippen MR) is 295 cm³/mol. The summed E-state index contributed by atoms with van der Waals surface area (Å²) in [7, 11) is 0. The molecule has 1 atom stereocenters. The molecule has 1 fully saturated rings. The first-order valence-corrected chi connectivity index (χ1v) is 25.3. The number of rotatable bonds is 9. The van der Waals surface area contributed by atoms with Crippen LogP contribution in [0.2, 0.25) is 0 Å². The van der Waals surface area contributed by atoms with Crippen LogP contribution in [0.25, 0.3) is 77.2 Å². The second-order valence-electron chi connectivity index (χ2n) is 19.7. The number of para-hydroxylation sites is 1. The van der Waals surface area contributed by atoms with Gasteiger partial charge in [-0.2, -0.15) is 0 Å². The molecule has 1 saturated carbocycles. The van der Waals surface area contributed by atoms with Gasteiger partial charge < -0.3 is 4.90 Å². The van der Waals surface area contributed by atoms with Crippen molar-refractivity contribution in [2.75, 3.05) is 4.90 Å². The smallest absolute Gasteiger partial charge is 0.0714 e. The van der Waals surface area contributed by atoms with Crippen molar-refractivity contribution in [2.45, 2.75) is 43.4 Å². The number of nitrogens with zero attached hydrogens (tertiary/aromatic N) is 1. The quantitative estimate of drug-likeness (QED) is 0.140. The maximum atomic E-state index is 2.49. The molecule has 4 aliphatic rings. The highest BCUT2D eigenvalue weighted by molar-refractivity contribution is 6.04. The van der Waals surface area contributed by atoms with Crippen LogP contribution in [0.4, 0.5) is 17.1 Å². The van der Waals surface area contributed by atoms with Crippen LogP contribution < -0.4 is 4.90 Å². The highest BCUT2D eigenvalue weighted by Crippen LogP contribution is 2.60. The molecule has 10 aromatic rings. The molecule has 0 radical (unpaired) electrons. The predicted octanol–water partition coefficient (Wildman–Crippen LogP) is 18.9. The molecule has 0 N–H and O–H groups in total. The molecule has 10 aromatic carbocycles. The second kappa shape index (κ2) is 16.5. The number of benzene rings is 11. The van der Waals surface area contributed by atoms with E-state index >= 15 is 0 Å². The van der Waals surface area contributed by atoms with E-state index in [4.69, 9.17) is 0 Å². The van der Waals surface area contributed by atoms with E-state index in [9.17, 15) is 0 Å². The Labute approximate surface area is 411 Å². The number of fused-ring (bicyclic) bond motifs is 6. The van der Waals surface area contributed by atoms with E-state index in [0.717, 1.165) is 17.1 Å². The third-order valence-electron chi connectivity index (χ3n) is 16.0. The number of anilines is 3. The molecule has 4 aliphatic carbocycles. The van der Waals surface area contributed by atoms with E-state index in [2.05, 4.69) is 248 Å². The average molecular weight is 894 g/mol. The fourth-order valence-electron chi connectivity index (χ4n) is 12.7. The first-order chi connectivity index (χ1) is 34.7.